The number of nitro benzene ring substituents is 1. The Morgan fingerprint density at radius 2 is 1.89 bits per heavy atom. The summed E-state index contributed by atoms with van der Waals surface area (Å²) in [5, 5.41) is 15.7. The van der Waals surface area contributed by atoms with Crippen LogP contribution in [0.2, 0.25) is 0 Å². The predicted octanol–water partition coefficient (Wildman–Crippen LogP) is 3.98. The van der Waals surface area contributed by atoms with E-state index in [1.165, 1.54) is 16.4 Å². The van der Waals surface area contributed by atoms with Crippen molar-refractivity contribution in [1.82, 2.24) is 4.31 Å². The molecule has 8 nitrogen and oxygen atoms in total. The number of nitro groups is 1. The summed E-state index contributed by atoms with van der Waals surface area (Å²) in [4.78, 5) is 10.8. The van der Waals surface area contributed by atoms with Gasteiger partial charge in [0.25, 0.3) is 5.69 Å². The summed E-state index contributed by atoms with van der Waals surface area (Å²) in [5.74, 6) is 0. The molecule has 3 rings (SSSR count). The molecule has 1 fully saturated rings. The standard InChI is InChI=1S/C18H19BrN4O4S/c1-13(15-6-2-3-7-16(15)19)20-21-17-9-8-14(12-18(17)23(24)25)28(26,27)22-10-4-5-11-22/h2-3,6-9,12,21H,4-5,10-11H2,1H3. The van der Waals surface area contributed by atoms with Gasteiger partial charge in [0.2, 0.25) is 10.0 Å². The Bertz CT molecular complexity index is 1030. The average Bonchev–Trinajstić information content (AvgIpc) is 3.22. The smallest absolute Gasteiger partial charge is 0.271 e. The second kappa shape index (κ2) is 8.38. The lowest BCUT2D eigenvalue weighted by molar-refractivity contribution is -0.384. The monoisotopic (exact) mass is 466 g/mol. The number of benzene rings is 2. The van der Waals surface area contributed by atoms with Crippen LogP contribution in [0.25, 0.3) is 0 Å². The van der Waals surface area contributed by atoms with E-state index in [0.29, 0.717) is 18.8 Å². The highest BCUT2D eigenvalue weighted by molar-refractivity contribution is 9.10. The number of halogens is 1. The number of hydrazone groups is 1. The predicted molar refractivity (Wildman–Crippen MR) is 111 cm³/mol. The Hall–Kier alpha value is -2.30. The first-order valence-electron chi connectivity index (χ1n) is 8.64. The molecule has 1 aliphatic heterocycles. The summed E-state index contributed by atoms with van der Waals surface area (Å²) in [7, 11) is -3.73. The third-order valence-corrected chi connectivity index (χ3v) is 7.06. The van der Waals surface area contributed by atoms with E-state index in [1.807, 2.05) is 24.3 Å². The highest BCUT2D eigenvalue weighted by atomic mass is 79.9. The highest BCUT2D eigenvalue weighted by Gasteiger charge is 2.29. The Balaban J connectivity index is 1.91. The number of rotatable bonds is 6. The summed E-state index contributed by atoms with van der Waals surface area (Å²) >= 11 is 3.44. The topological polar surface area (TPSA) is 105 Å². The molecule has 0 aromatic heterocycles. The van der Waals surface area contributed by atoms with Gasteiger partial charge in [-0.1, -0.05) is 34.1 Å². The molecular formula is C18H19BrN4O4S. The van der Waals surface area contributed by atoms with Crippen LogP contribution in [0.3, 0.4) is 0 Å². The number of sulfonamides is 1. The van der Waals surface area contributed by atoms with Crippen molar-refractivity contribution in [2.24, 2.45) is 5.10 Å². The highest BCUT2D eigenvalue weighted by Crippen LogP contribution is 2.30. The molecule has 0 saturated carbocycles. The first kappa shape index (κ1) is 20.4. The van der Waals surface area contributed by atoms with Gasteiger partial charge in [0, 0.05) is 29.2 Å². The van der Waals surface area contributed by atoms with Crippen LogP contribution in [0.15, 0.2) is 56.9 Å². The van der Waals surface area contributed by atoms with Gasteiger partial charge in [-0.15, -0.1) is 0 Å². The quantitative estimate of drug-likeness (QED) is 0.393. The molecule has 0 aliphatic carbocycles. The van der Waals surface area contributed by atoms with E-state index in [0.717, 1.165) is 28.9 Å². The molecule has 2 aromatic rings. The lowest BCUT2D eigenvalue weighted by Crippen LogP contribution is -2.27. The van der Waals surface area contributed by atoms with Crippen LogP contribution in [0, 0.1) is 10.1 Å². The molecule has 0 amide bonds. The van der Waals surface area contributed by atoms with Crippen LogP contribution >= 0.6 is 15.9 Å². The molecular weight excluding hydrogens is 448 g/mol. The van der Waals surface area contributed by atoms with Gasteiger partial charge in [0.05, 0.1) is 15.5 Å². The van der Waals surface area contributed by atoms with Crippen molar-refractivity contribution in [1.29, 1.82) is 0 Å². The Morgan fingerprint density at radius 1 is 1.21 bits per heavy atom. The lowest BCUT2D eigenvalue weighted by Gasteiger charge is -2.15. The average molecular weight is 467 g/mol. The van der Waals surface area contributed by atoms with Crippen LogP contribution in [0.1, 0.15) is 25.3 Å². The number of anilines is 1. The van der Waals surface area contributed by atoms with Gasteiger partial charge in [0.15, 0.2) is 0 Å². The van der Waals surface area contributed by atoms with Gasteiger partial charge in [-0.05, 0) is 38.0 Å². The zero-order valence-electron chi connectivity index (χ0n) is 15.1. The fraction of sp³-hybridized carbons (Fsp3) is 0.278. The molecule has 1 aliphatic rings. The lowest BCUT2D eigenvalue weighted by atomic mass is 10.1. The minimum absolute atomic E-state index is 0.0850. The van der Waals surface area contributed by atoms with E-state index in [-0.39, 0.29) is 16.3 Å². The molecule has 28 heavy (non-hydrogen) atoms. The molecule has 0 atom stereocenters. The maximum absolute atomic E-state index is 12.7. The second-order valence-electron chi connectivity index (χ2n) is 6.34. The Kier molecular flexibility index (Phi) is 6.11. The summed E-state index contributed by atoms with van der Waals surface area (Å²) < 4.78 is 27.5. The van der Waals surface area contributed by atoms with Gasteiger partial charge < -0.3 is 0 Å². The zero-order valence-corrected chi connectivity index (χ0v) is 17.5. The fourth-order valence-electron chi connectivity index (χ4n) is 2.95. The third-order valence-electron chi connectivity index (χ3n) is 4.48. The van der Waals surface area contributed by atoms with Crippen molar-refractivity contribution in [2.75, 3.05) is 18.5 Å². The first-order valence-corrected chi connectivity index (χ1v) is 10.9. The molecule has 0 radical (unpaired) electrons. The van der Waals surface area contributed by atoms with Gasteiger partial charge in [0.1, 0.15) is 5.69 Å². The number of nitrogens with zero attached hydrogens (tertiary/aromatic N) is 3. The third kappa shape index (κ3) is 4.23. The number of hydrogen-bond acceptors (Lipinski definition) is 6. The molecule has 1 N–H and O–H groups in total. The van der Waals surface area contributed by atoms with Crippen LogP contribution in [-0.4, -0.2) is 36.4 Å². The van der Waals surface area contributed by atoms with Crippen LogP contribution < -0.4 is 5.43 Å². The van der Waals surface area contributed by atoms with E-state index in [4.69, 9.17) is 0 Å². The molecule has 1 heterocycles. The van der Waals surface area contributed by atoms with Gasteiger partial charge >= 0.3 is 0 Å². The summed E-state index contributed by atoms with van der Waals surface area (Å²) in [5.41, 5.74) is 3.92. The summed E-state index contributed by atoms with van der Waals surface area (Å²) in [6, 6.07) is 11.3. The van der Waals surface area contributed by atoms with Crippen molar-refractivity contribution in [3.63, 3.8) is 0 Å². The van der Waals surface area contributed by atoms with Gasteiger partial charge in [-0.2, -0.15) is 9.41 Å². The van der Waals surface area contributed by atoms with Crippen LogP contribution in [-0.2, 0) is 10.0 Å². The number of hydrogen-bond donors (Lipinski definition) is 1. The van der Waals surface area contributed by atoms with E-state index in [9.17, 15) is 18.5 Å². The van der Waals surface area contributed by atoms with Crippen LogP contribution in [0.5, 0.6) is 0 Å². The van der Waals surface area contributed by atoms with Gasteiger partial charge in [-0.3, -0.25) is 15.5 Å². The van der Waals surface area contributed by atoms with E-state index < -0.39 is 14.9 Å². The molecule has 1 saturated heterocycles. The van der Waals surface area contributed by atoms with E-state index in [1.54, 1.807) is 6.92 Å². The summed E-state index contributed by atoms with van der Waals surface area (Å²) in [6.45, 7) is 2.64. The van der Waals surface area contributed by atoms with Gasteiger partial charge in [-0.25, -0.2) is 8.42 Å². The van der Waals surface area contributed by atoms with Crippen molar-refractivity contribution in [2.45, 2.75) is 24.7 Å². The zero-order chi connectivity index (χ0) is 20.3. The minimum atomic E-state index is -3.73. The molecule has 0 bridgehead atoms. The minimum Gasteiger partial charge on any atom is -0.271 e. The van der Waals surface area contributed by atoms with Crippen molar-refractivity contribution < 1.29 is 13.3 Å². The molecule has 10 heteroatoms. The molecule has 0 spiro atoms. The largest absolute Gasteiger partial charge is 0.295 e. The molecule has 148 valence electrons. The maximum atomic E-state index is 12.7. The second-order valence-corrected chi connectivity index (χ2v) is 9.13. The normalized spacial score (nSPS) is 15.6. The van der Waals surface area contributed by atoms with Crippen molar-refractivity contribution in [3.05, 3.63) is 62.6 Å². The maximum Gasteiger partial charge on any atom is 0.295 e. The van der Waals surface area contributed by atoms with E-state index >= 15 is 0 Å². The molecule has 0 unspecified atom stereocenters. The Labute approximate surface area is 171 Å². The summed E-state index contributed by atoms with van der Waals surface area (Å²) in [6.07, 6.45) is 1.59. The molecule has 2 aromatic carbocycles. The SMILES string of the molecule is CC(=NNc1ccc(S(=O)(=O)N2CCCC2)cc1[N+](=O)[O-])c1ccccc1Br. The van der Waals surface area contributed by atoms with E-state index in [2.05, 4.69) is 26.5 Å². The first-order chi connectivity index (χ1) is 13.3. The Morgan fingerprint density at radius 3 is 2.54 bits per heavy atom. The number of nitrogens with one attached hydrogen (secondary N) is 1. The van der Waals surface area contributed by atoms with Crippen LogP contribution in [0.4, 0.5) is 11.4 Å². The van der Waals surface area contributed by atoms with Crippen molar-refractivity contribution >= 4 is 43.0 Å². The van der Waals surface area contributed by atoms with Crippen molar-refractivity contribution in [3.8, 4) is 0 Å². The fourth-order valence-corrected chi connectivity index (χ4v) is 5.06.